The summed E-state index contributed by atoms with van der Waals surface area (Å²) in [5.41, 5.74) is 5.96. The van der Waals surface area contributed by atoms with Crippen LogP contribution in [0.25, 0.3) is 0 Å². The molecule has 0 amide bonds. The van der Waals surface area contributed by atoms with Crippen molar-refractivity contribution in [3.8, 4) is 0 Å². The molecule has 1 fully saturated rings. The summed E-state index contributed by atoms with van der Waals surface area (Å²) in [4.78, 5) is 16.6. The number of hydrogen-bond donors (Lipinski definition) is 1. The van der Waals surface area contributed by atoms with Gasteiger partial charge in [-0.05, 0) is 41.6 Å². The summed E-state index contributed by atoms with van der Waals surface area (Å²) in [7, 11) is 0. The van der Waals surface area contributed by atoms with Gasteiger partial charge in [0.2, 0.25) is 0 Å². The van der Waals surface area contributed by atoms with Gasteiger partial charge in [0.1, 0.15) is 12.0 Å². The van der Waals surface area contributed by atoms with Crippen molar-refractivity contribution in [3.05, 3.63) is 26.9 Å². The molecule has 2 heterocycles. The predicted molar refractivity (Wildman–Crippen MR) is 77.2 cm³/mol. The molecular formula is C12H17BrN4O2. The van der Waals surface area contributed by atoms with Gasteiger partial charge < -0.3 is 10.6 Å². The van der Waals surface area contributed by atoms with Crippen LogP contribution in [0.3, 0.4) is 0 Å². The largest absolute Gasteiger partial charge is 0.355 e. The van der Waals surface area contributed by atoms with Crippen molar-refractivity contribution in [1.82, 2.24) is 4.98 Å². The predicted octanol–water partition coefficient (Wildman–Crippen LogP) is 2.32. The first-order chi connectivity index (χ1) is 8.99. The summed E-state index contributed by atoms with van der Waals surface area (Å²) < 4.78 is 0.659. The van der Waals surface area contributed by atoms with Crippen molar-refractivity contribution in [2.24, 2.45) is 11.7 Å². The molecule has 0 bridgehead atoms. The number of nitrogens with zero attached hydrogens (tertiary/aromatic N) is 3. The van der Waals surface area contributed by atoms with Gasteiger partial charge in [0.25, 0.3) is 5.69 Å². The zero-order chi connectivity index (χ0) is 14.0. The van der Waals surface area contributed by atoms with E-state index in [1.54, 1.807) is 0 Å². The number of rotatable bonds is 3. The highest BCUT2D eigenvalue weighted by Crippen LogP contribution is 2.31. The number of pyridine rings is 1. The third-order valence-electron chi connectivity index (χ3n) is 3.52. The van der Waals surface area contributed by atoms with Crippen LogP contribution in [0, 0.1) is 16.0 Å². The van der Waals surface area contributed by atoms with Gasteiger partial charge >= 0.3 is 0 Å². The Hall–Kier alpha value is -1.21. The fourth-order valence-electron chi connectivity index (χ4n) is 2.38. The van der Waals surface area contributed by atoms with Crippen LogP contribution in [-0.4, -0.2) is 29.0 Å². The first kappa shape index (κ1) is 14.2. The van der Waals surface area contributed by atoms with E-state index in [1.807, 2.05) is 6.92 Å². The Labute approximate surface area is 120 Å². The molecule has 7 heteroatoms. The second-order valence-electron chi connectivity index (χ2n) is 4.96. The number of nitro groups is 1. The minimum absolute atomic E-state index is 0.00335. The average Bonchev–Trinajstić information content (AvgIpc) is 2.38. The molecule has 2 unspecified atom stereocenters. The average molecular weight is 329 g/mol. The molecule has 1 saturated heterocycles. The maximum atomic E-state index is 10.7. The number of hydrogen-bond acceptors (Lipinski definition) is 5. The SMILES string of the molecule is CC(N)C1CCCN(c2ncc([N+](=O)[O-])cc2Br)C1. The van der Waals surface area contributed by atoms with Gasteiger partial charge in [-0.2, -0.15) is 0 Å². The summed E-state index contributed by atoms with van der Waals surface area (Å²) in [6, 6.07) is 1.65. The van der Waals surface area contributed by atoms with E-state index in [-0.39, 0.29) is 11.7 Å². The Morgan fingerprint density at radius 3 is 3.00 bits per heavy atom. The van der Waals surface area contributed by atoms with Crippen LogP contribution in [0.1, 0.15) is 19.8 Å². The zero-order valence-electron chi connectivity index (χ0n) is 10.8. The standard InChI is InChI=1S/C12H17BrN4O2/c1-8(14)9-3-2-4-16(7-9)12-11(13)5-10(6-15-12)17(18)19/h5-6,8-9H,2-4,7,14H2,1H3. The van der Waals surface area contributed by atoms with E-state index in [9.17, 15) is 10.1 Å². The van der Waals surface area contributed by atoms with Crippen LogP contribution in [0.5, 0.6) is 0 Å². The van der Waals surface area contributed by atoms with E-state index in [2.05, 4.69) is 25.8 Å². The maximum Gasteiger partial charge on any atom is 0.288 e. The molecule has 2 rings (SSSR count). The fraction of sp³-hybridized carbons (Fsp3) is 0.583. The molecule has 2 atom stereocenters. The second-order valence-corrected chi connectivity index (χ2v) is 5.82. The monoisotopic (exact) mass is 328 g/mol. The topological polar surface area (TPSA) is 85.3 Å². The first-order valence-corrected chi connectivity index (χ1v) is 7.09. The van der Waals surface area contributed by atoms with Gasteiger partial charge in [-0.15, -0.1) is 0 Å². The van der Waals surface area contributed by atoms with Gasteiger partial charge in [-0.25, -0.2) is 4.98 Å². The molecule has 0 aliphatic carbocycles. The van der Waals surface area contributed by atoms with E-state index in [1.165, 1.54) is 12.3 Å². The number of aromatic nitrogens is 1. The highest BCUT2D eigenvalue weighted by Gasteiger charge is 2.25. The van der Waals surface area contributed by atoms with Crippen LogP contribution in [0.15, 0.2) is 16.7 Å². The Bertz CT molecular complexity index is 481. The fourth-order valence-corrected chi connectivity index (χ4v) is 2.97. The summed E-state index contributed by atoms with van der Waals surface area (Å²) in [5, 5.41) is 10.7. The van der Waals surface area contributed by atoms with E-state index in [0.29, 0.717) is 10.4 Å². The molecule has 6 nitrogen and oxygen atoms in total. The second kappa shape index (κ2) is 5.83. The molecule has 104 valence electrons. The molecule has 2 N–H and O–H groups in total. The summed E-state index contributed by atoms with van der Waals surface area (Å²) in [6.07, 6.45) is 3.49. The highest BCUT2D eigenvalue weighted by atomic mass is 79.9. The van der Waals surface area contributed by atoms with Crippen molar-refractivity contribution in [1.29, 1.82) is 0 Å². The molecule has 0 saturated carbocycles. The van der Waals surface area contributed by atoms with Crippen molar-refractivity contribution in [2.75, 3.05) is 18.0 Å². The lowest BCUT2D eigenvalue weighted by molar-refractivity contribution is -0.385. The quantitative estimate of drug-likeness (QED) is 0.679. The highest BCUT2D eigenvalue weighted by molar-refractivity contribution is 9.10. The smallest absolute Gasteiger partial charge is 0.288 e. The zero-order valence-corrected chi connectivity index (χ0v) is 12.3. The molecule has 1 aromatic rings. The summed E-state index contributed by atoms with van der Waals surface area (Å²) >= 11 is 3.37. The molecule has 0 radical (unpaired) electrons. The van der Waals surface area contributed by atoms with E-state index >= 15 is 0 Å². The van der Waals surface area contributed by atoms with Crippen LogP contribution in [-0.2, 0) is 0 Å². The van der Waals surface area contributed by atoms with Crippen LogP contribution >= 0.6 is 15.9 Å². The lowest BCUT2D eigenvalue weighted by atomic mass is 9.92. The number of halogens is 1. The Balaban J connectivity index is 2.19. The summed E-state index contributed by atoms with van der Waals surface area (Å²) in [6.45, 7) is 3.78. The number of nitrogens with two attached hydrogens (primary N) is 1. The third kappa shape index (κ3) is 3.22. The third-order valence-corrected chi connectivity index (χ3v) is 4.10. The lowest BCUT2D eigenvalue weighted by Gasteiger charge is -2.35. The van der Waals surface area contributed by atoms with Gasteiger partial charge in [-0.1, -0.05) is 0 Å². The molecular weight excluding hydrogens is 312 g/mol. The van der Waals surface area contributed by atoms with Crippen LogP contribution < -0.4 is 10.6 Å². The molecule has 1 aromatic heterocycles. The van der Waals surface area contributed by atoms with Crippen molar-refractivity contribution < 1.29 is 4.92 Å². The van der Waals surface area contributed by atoms with Crippen molar-refractivity contribution >= 4 is 27.4 Å². The lowest BCUT2D eigenvalue weighted by Crippen LogP contribution is -2.42. The molecule has 19 heavy (non-hydrogen) atoms. The van der Waals surface area contributed by atoms with Crippen LogP contribution in [0.2, 0.25) is 0 Å². The van der Waals surface area contributed by atoms with E-state index in [0.717, 1.165) is 31.7 Å². The Morgan fingerprint density at radius 2 is 2.42 bits per heavy atom. The van der Waals surface area contributed by atoms with Crippen molar-refractivity contribution in [2.45, 2.75) is 25.8 Å². The summed E-state index contributed by atoms with van der Waals surface area (Å²) in [5.74, 6) is 1.20. The molecule has 0 aromatic carbocycles. The van der Waals surface area contributed by atoms with Gasteiger partial charge in [0.05, 0.1) is 9.40 Å². The van der Waals surface area contributed by atoms with E-state index in [4.69, 9.17) is 5.73 Å². The minimum atomic E-state index is -0.442. The van der Waals surface area contributed by atoms with E-state index < -0.39 is 4.92 Å². The van der Waals surface area contributed by atoms with Crippen LogP contribution in [0.4, 0.5) is 11.5 Å². The first-order valence-electron chi connectivity index (χ1n) is 6.29. The molecule has 1 aliphatic rings. The number of piperidine rings is 1. The number of anilines is 1. The molecule has 1 aliphatic heterocycles. The van der Waals surface area contributed by atoms with Gasteiger partial charge in [0.15, 0.2) is 0 Å². The van der Waals surface area contributed by atoms with Gasteiger partial charge in [0, 0.05) is 25.2 Å². The normalized spacial score (nSPS) is 21.2. The maximum absolute atomic E-state index is 10.7. The van der Waals surface area contributed by atoms with Crippen molar-refractivity contribution in [3.63, 3.8) is 0 Å². The Morgan fingerprint density at radius 1 is 1.68 bits per heavy atom. The minimum Gasteiger partial charge on any atom is -0.355 e. The Kier molecular flexibility index (Phi) is 4.36. The van der Waals surface area contributed by atoms with Gasteiger partial charge in [-0.3, -0.25) is 10.1 Å². The molecule has 0 spiro atoms.